The third-order valence-corrected chi connectivity index (χ3v) is 4.08. The number of ether oxygens (including phenoxy) is 2. The van der Waals surface area contributed by atoms with Gasteiger partial charge in [-0.3, -0.25) is 4.98 Å². The lowest BCUT2D eigenvalue weighted by molar-refractivity contribution is 0.220. The Hall–Kier alpha value is -2.07. The molecule has 2 N–H and O–H groups in total. The van der Waals surface area contributed by atoms with Gasteiger partial charge in [0.25, 0.3) is 0 Å². The first-order valence-corrected chi connectivity index (χ1v) is 8.18. The predicted molar refractivity (Wildman–Crippen MR) is 91.6 cm³/mol. The van der Waals surface area contributed by atoms with E-state index >= 15 is 0 Å². The first-order valence-electron chi connectivity index (χ1n) is 8.18. The molecule has 0 radical (unpaired) electrons. The summed E-state index contributed by atoms with van der Waals surface area (Å²) >= 11 is 0. The van der Waals surface area contributed by atoms with Gasteiger partial charge in [0, 0.05) is 35.6 Å². The number of benzene rings is 1. The quantitative estimate of drug-likeness (QED) is 0.908. The molecule has 2 heterocycles. The highest BCUT2D eigenvalue weighted by atomic mass is 16.5. The second-order valence-electron chi connectivity index (χ2n) is 6.58. The van der Waals surface area contributed by atoms with Crippen molar-refractivity contribution in [3.8, 4) is 22.6 Å². The number of aromatic nitrogens is 1. The summed E-state index contributed by atoms with van der Waals surface area (Å²) in [6.45, 7) is 6.89. The molecule has 1 aliphatic heterocycles. The predicted octanol–water partition coefficient (Wildman–Crippen LogP) is 3.95. The summed E-state index contributed by atoms with van der Waals surface area (Å²) in [5.74, 6) is 2.23. The fourth-order valence-electron chi connectivity index (χ4n) is 3.02. The number of nitrogens with zero attached hydrogens (tertiary/aromatic N) is 1. The van der Waals surface area contributed by atoms with Crippen LogP contribution in [0.1, 0.15) is 38.9 Å². The smallest absolute Gasteiger partial charge is 0.131 e. The van der Waals surface area contributed by atoms with E-state index in [-0.39, 0.29) is 12.1 Å². The Morgan fingerprint density at radius 1 is 1.26 bits per heavy atom. The van der Waals surface area contributed by atoms with Crippen LogP contribution >= 0.6 is 0 Å². The molecular weight excluding hydrogens is 288 g/mol. The minimum Gasteiger partial charge on any atom is -0.492 e. The van der Waals surface area contributed by atoms with Gasteiger partial charge in [0.2, 0.25) is 0 Å². The average Bonchev–Trinajstić information content (AvgIpc) is 2.52. The Labute approximate surface area is 137 Å². The lowest BCUT2D eigenvalue weighted by atomic mass is 9.95. The molecule has 4 nitrogen and oxygen atoms in total. The summed E-state index contributed by atoms with van der Waals surface area (Å²) in [4.78, 5) is 4.19. The molecular formula is C19H24N2O2. The highest BCUT2D eigenvalue weighted by Crippen LogP contribution is 2.43. The van der Waals surface area contributed by atoms with Crippen molar-refractivity contribution in [3.63, 3.8) is 0 Å². The molecule has 0 amide bonds. The Morgan fingerprint density at radius 3 is 2.87 bits per heavy atom. The van der Waals surface area contributed by atoms with Crippen molar-refractivity contribution in [1.29, 1.82) is 0 Å². The van der Waals surface area contributed by atoms with E-state index in [1.165, 1.54) is 5.56 Å². The molecule has 0 bridgehead atoms. The summed E-state index contributed by atoms with van der Waals surface area (Å²) in [6.07, 6.45) is 4.64. The van der Waals surface area contributed by atoms with E-state index in [0.717, 1.165) is 29.0 Å². The van der Waals surface area contributed by atoms with Crippen molar-refractivity contribution in [1.82, 2.24) is 4.98 Å². The van der Waals surface area contributed by atoms with Crippen LogP contribution < -0.4 is 15.2 Å². The number of fused-ring (bicyclic) bond motifs is 3. The average molecular weight is 312 g/mol. The van der Waals surface area contributed by atoms with E-state index in [0.29, 0.717) is 12.5 Å². The summed E-state index contributed by atoms with van der Waals surface area (Å²) < 4.78 is 11.9. The van der Waals surface area contributed by atoms with Gasteiger partial charge in [0.15, 0.2) is 0 Å². The van der Waals surface area contributed by atoms with Crippen LogP contribution in [0, 0.1) is 5.92 Å². The Morgan fingerprint density at radius 2 is 2.09 bits per heavy atom. The van der Waals surface area contributed by atoms with E-state index in [1.807, 2.05) is 43.6 Å². The molecule has 1 aromatic heterocycles. The van der Waals surface area contributed by atoms with Crippen molar-refractivity contribution in [2.45, 2.75) is 39.3 Å². The minimum atomic E-state index is -0.00959. The SMILES string of the molecule is CC(C)CC(N)COc1ccc2c(c1)OC(C)c1cnccc1-2. The van der Waals surface area contributed by atoms with E-state index in [4.69, 9.17) is 15.2 Å². The molecule has 122 valence electrons. The zero-order valence-corrected chi connectivity index (χ0v) is 14.0. The molecule has 0 saturated heterocycles. The molecule has 3 rings (SSSR count). The maximum atomic E-state index is 6.08. The van der Waals surface area contributed by atoms with Gasteiger partial charge in [-0.25, -0.2) is 0 Å². The lowest BCUT2D eigenvalue weighted by Crippen LogP contribution is -2.29. The second-order valence-corrected chi connectivity index (χ2v) is 6.58. The number of nitrogens with two attached hydrogens (primary N) is 1. The first-order chi connectivity index (χ1) is 11.0. The third-order valence-electron chi connectivity index (χ3n) is 4.08. The molecule has 2 unspecified atom stereocenters. The number of hydrogen-bond acceptors (Lipinski definition) is 4. The van der Waals surface area contributed by atoms with Crippen LogP contribution in [0.5, 0.6) is 11.5 Å². The van der Waals surface area contributed by atoms with E-state index in [2.05, 4.69) is 18.8 Å². The maximum absolute atomic E-state index is 6.08. The maximum Gasteiger partial charge on any atom is 0.131 e. The van der Waals surface area contributed by atoms with Gasteiger partial charge in [-0.2, -0.15) is 0 Å². The van der Waals surface area contributed by atoms with Crippen LogP contribution in [0.2, 0.25) is 0 Å². The van der Waals surface area contributed by atoms with Gasteiger partial charge in [-0.1, -0.05) is 13.8 Å². The van der Waals surface area contributed by atoms with Gasteiger partial charge in [0.05, 0.1) is 0 Å². The van der Waals surface area contributed by atoms with Gasteiger partial charge in [-0.05, 0) is 43.0 Å². The standard InChI is InChI=1S/C19H24N2O2/c1-12(2)8-14(20)11-22-15-4-5-17-16-6-7-21-10-18(16)13(3)23-19(17)9-15/h4-7,9-10,12-14H,8,11,20H2,1-3H3. The van der Waals surface area contributed by atoms with E-state index < -0.39 is 0 Å². The monoisotopic (exact) mass is 312 g/mol. The van der Waals surface area contributed by atoms with Gasteiger partial charge in [0.1, 0.15) is 24.2 Å². The minimum absolute atomic E-state index is 0.00959. The number of hydrogen-bond donors (Lipinski definition) is 1. The number of pyridine rings is 1. The first kappa shape index (κ1) is 15.8. The van der Waals surface area contributed by atoms with Crippen LogP contribution in [0.25, 0.3) is 11.1 Å². The molecule has 23 heavy (non-hydrogen) atoms. The zero-order chi connectivity index (χ0) is 16.4. The molecule has 1 aromatic carbocycles. The van der Waals surface area contributed by atoms with Gasteiger partial charge >= 0.3 is 0 Å². The largest absolute Gasteiger partial charge is 0.492 e. The van der Waals surface area contributed by atoms with Crippen LogP contribution in [0.4, 0.5) is 0 Å². The molecule has 0 fully saturated rings. The lowest BCUT2D eigenvalue weighted by Gasteiger charge is -2.26. The molecule has 2 aromatic rings. The molecule has 2 atom stereocenters. The van der Waals surface area contributed by atoms with Crippen molar-refractivity contribution in [2.24, 2.45) is 11.7 Å². The fraction of sp³-hybridized carbons (Fsp3) is 0.421. The van der Waals surface area contributed by atoms with Crippen LogP contribution in [-0.4, -0.2) is 17.6 Å². The fourth-order valence-corrected chi connectivity index (χ4v) is 3.02. The number of rotatable bonds is 5. The van der Waals surface area contributed by atoms with Crippen LogP contribution in [0.15, 0.2) is 36.7 Å². The molecule has 4 heteroatoms. The molecule has 0 aliphatic carbocycles. The summed E-state index contributed by atoms with van der Waals surface area (Å²) in [5, 5.41) is 0. The molecule has 1 aliphatic rings. The van der Waals surface area contributed by atoms with Gasteiger partial charge in [-0.15, -0.1) is 0 Å². The summed E-state index contributed by atoms with van der Waals surface area (Å²) in [7, 11) is 0. The Balaban J connectivity index is 1.78. The van der Waals surface area contributed by atoms with E-state index in [9.17, 15) is 0 Å². The van der Waals surface area contributed by atoms with Crippen LogP contribution in [0.3, 0.4) is 0 Å². The zero-order valence-electron chi connectivity index (χ0n) is 14.0. The van der Waals surface area contributed by atoms with Gasteiger partial charge < -0.3 is 15.2 Å². The normalized spacial score (nSPS) is 17.2. The molecule has 0 spiro atoms. The van der Waals surface area contributed by atoms with Crippen molar-refractivity contribution in [3.05, 3.63) is 42.2 Å². The second kappa shape index (κ2) is 6.59. The highest BCUT2D eigenvalue weighted by molar-refractivity contribution is 5.76. The van der Waals surface area contributed by atoms with Crippen molar-refractivity contribution in [2.75, 3.05) is 6.61 Å². The van der Waals surface area contributed by atoms with Crippen molar-refractivity contribution < 1.29 is 9.47 Å². The summed E-state index contributed by atoms with van der Waals surface area (Å²) in [6, 6.07) is 8.06. The highest BCUT2D eigenvalue weighted by Gasteiger charge is 2.23. The Kier molecular flexibility index (Phi) is 4.53. The van der Waals surface area contributed by atoms with Crippen LogP contribution in [-0.2, 0) is 0 Å². The topological polar surface area (TPSA) is 57.4 Å². The Bertz CT molecular complexity index is 685. The summed E-state index contributed by atoms with van der Waals surface area (Å²) in [5.41, 5.74) is 9.46. The third kappa shape index (κ3) is 3.48. The van der Waals surface area contributed by atoms with Crippen molar-refractivity contribution >= 4 is 0 Å². The molecule has 0 saturated carbocycles. The van der Waals surface area contributed by atoms with E-state index in [1.54, 1.807) is 0 Å².